The van der Waals surface area contributed by atoms with Crippen LogP contribution in [0.25, 0.3) is 10.9 Å². The third kappa shape index (κ3) is 5.25. The zero-order valence-corrected chi connectivity index (χ0v) is 18.8. The van der Waals surface area contributed by atoms with E-state index in [4.69, 9.17) is 14.7 Å². The molecule has 0 amide bonds. The van der Waals surface area contributed by atoms with E-state index in [1.165, 1.54) is 5.56 Å². The molecule has 1 heterocycles. The van der Waals surface area contributed by atoms with E-state index in [-0.39, 0.29) is 0 Å². The molecule has 1 saturated carbocycles. The number of hydrogen-bond acceptors (Lipinski definition) is 6. The Hall–Kier alpha value is -2.86. The van der Waals surface area contributed by atoms with Crippen molar-refractivity contribution in [1.29, 1.82) is 0 Å². The van der Waals surface area contributed by atoms with Gasteiger partial charge in [-0.15, -0.1) is 0 Å². The molecule has 0 spiro atoms. The summed E-state index contributed by atoms with van der Waals surface area (Å²) in [6.07, 6.45) is 4.50. The van der Waals surface area contributed by atoms with Gasteiger partial charge in [0.05, 0.1) is 12.1 Å². The van der Waals surface area contributed by atoms with Gasteiger partial charge in [0.15, 0.2) is 0 Å². The van der Waals surface area contributed by atoms with Crippen molar-refractivity contribution in [3.63, 3.8) is 0 Å². The molecule has 0 unspecified atom stereocenters. The van der Waals surface area contributed by atoms with Crippen LogP contribution in [0.2, 0.25) is 0 Å². The summed E-state index contributed by atoms with van der Waals surface area (Å²) >= 11 is 0. The Bertz CT molecular complexity index is 998. The third-order valence-corrected chi connectivity index (χ3v) is 5.92. The lowest BCUT2D eigenvalue weighted by Crippen LogP contribution is -2.37. The molecule has 0 radical (unpaired) electrons. The molecule has 1 aliphatic carbocycles. The number of rotatable bonds is 8. The Morgan fingerprint density at radius 3 is 2.42 bits per heavy atom. The second-order valence-electron chi connectivity index (χ2n) is 8.40. The minimum atomic E-state index is 0.407. The van der Waals surface area contributed by atoms with E-state index in [0.29, 0.717) is 18.7 Å². The lowest BCUT2D eigenvalue weighted by molar-refractivity contribution is 0.327. The van der Waals surface area contributed by atoms with Crippen molar-refractivity contribution in [2.24, 2.45) is 0 Å². The lowest BCUT2D eigenvalue weighted by atomic mass is 9.91. The average Bonchev–Trinajstić information content (AvgIpc) is 2.79. The number of hydrogen-bond donors (Lipinski definition) is 2. The Kier molecular flexibility index (Phi) is 6.87. The molecule has 0 atom stereocenters. The largest absolute Gasteiger partial charge is 0.494 e. The normalized spacial score (nSPS) is 18.7. The number of fused-ring (bicyclic) bond motifs is 1. The van der Waals surface area contributed by atoms with Gasteiger partial charge in [-0.05, 0) is 50.8 Å². The van der Waals surface area contributed by atoms with E-state index in [2.05, 4.69) is 39.8 Å². The highest BCUT2D eigenvalue weighted by atomic mass is 16.5. The SMILES string of the molecule is CCOc1ccccc1CN[C@H]1CC[C@@H](Nc2nc(N(C)C)c3ccccc3n2)CC1. The molecule has 1 aromatic heterocycles. The van der Waals surface area contributed by atoms with E-state index in [1.807, 2.05) is 45.3 Å². The molecule has 3 aromatic rings. The summed E-state index contributed by atoms with van der Waals surface area (Å²) in [5.41, 5.74) is 2.21. The van der Waals surface area contributed by atoms with Crippen molar-refractivity contribution in [1.82, 2.24) is 15.3 Å². The minimum Gasteiger partial charge on any atom is -0.494 e. The van der Waals surface area contributed by atoms with Gasteiger partial charge in [0.25, 0.3) is 0 Å². The van der Waals surface area contributed by atoms with E-state index in [1.54, 1.807) is 0 Å². The second-order valence-corrected chi connectivity index (χ2v) is 8.40. The summed E-state index contributed by atoms with van der Waals surface area (Å²) in [7, 11) is 4.05. The average molecular weight is 420 g/mol. The molecular formula is C25H33N5O. The van der Waals surface area contributed by atoms with Gasteiger partial charge in [0.1, 0.15) is 11.6 Å². The molecule has 6 heteroatoms. The summed E-state index contributed by atoms with van der Waals surface area (Å²) < 4.78 is 5.75. The Morgan fingerprint density at radius 2 is 1.65 bits per heavy atom. The van der Waals surface area contributed by atoms with Crippen molar-refractivity contribution in [2.75, 3.05) is 30.9 Å². The van der Waals surface area contributed by atoms with E-state index in [0.717, 1.165) is 60.6 Å². The van der Waals surface area contributed by atoms with Crippen molar-refractivity contribution < 1.29 is 4.74 Å². The van der Waals surface area contributed by atoms with Crippen molar-refractivity contribution >= 4 is 22.7 Å². The Labute approximate surface area is 185 Å². The standard InChI is InChI=1S/C25H33N5O/c1-4-31-23-12-8-5-9-18(23)17-26-19-13-15-20(16-14-19)27-25-28-22-11-7-6-10-21(22)24(29-25)30(2)3/h5-12,19-20,26H,4,13-17H2,1-3H3,(H,27,28,29)/t19-,20+. The molecule has 0 saturated heterocycles. The van der Waals surface area contributed by atoms with Gasteiger partial charge in [-0.1, -0.05) is 30.3 Å². The fourth-order valence-corrected chi connectivity index (χ4v) is 4.29. The molecule has 0 aliphatic heterocycles. The van der Waals surface area contributed by atoms with Crippen LogP contribution in [-0.2, 0) is 6.54 Å². The van der Waals surface area contributed by atoms with Crippen LogP contribution in [0.15, 0.2) is 48.5 Å². The zero-order chi connectivity index (χ0) is 21.6. The van der Waals surface area contributed by atoms with Gasteiger partial charge in [-0.3, -0.25) is 0 Å². The van der Waals surface area contributed by atoms with Gasteiger partial charge < -0.3 is 20.3 Å². The number of ether oxygens (including phenoxy) is 1. The predicted molar refractivity (Wildman–Crippen MR) is 128 cm³/mol. The first-order chi connectivity index (χ1) is 15.1. The molecule has 164 valence electrons. The first kappa shape index (κ1) is 21.4. The summed E-state index contributed by atoms with van der Waals surface area (Å²) in [4.78, 5) is 11.6. The number of benzene rings is 2. The van der Waals surface area contributed by atoms with Crippen LogP contribution in [0.3, 0.4) is 0 Å². The van der Waals surface area contributed by atoms with Gasteiger partial charge in [-0.25, -0.2) is 4.98 Å². The fraction of sp³-hybridized carbons (Fsp3) is 0.440. The molecule has 2 N–H and O–H groups in total. The van der Waals surface area contributed by atoms with Crippen LogP contribution in [-0.4, -0.2) is 42.8 Å². The summed E-state index contributed by atoms with van der Waals surface area (Å²) in [5, 5.41) is 8.40. The third-order valence-electron chi connectivity index (χ3n) is 5.92. The second kappa shape index (κ2) is 9.96. The van der Waals surface area contributed by atoms with E-state index < -0.39 is 0 Å². The predicted octanol–water partition coefficient (Wildman–Crippen LogP) is 4.61. The smallest absolute Gasteiger partial charge is 0.225 e. The molecule has 1 aliphatic rings. The maximum absolute atomic E-state index is 5.75. The maximum atomic E-state index is 5.75. The van der Waals surface area contributed by atoms with Gasteiger partial charge in [0, 0.05) is 43.7 Å². The van der Waals surface area contributed by atoms with Crippen LogP contribution in [0.5, 0.6) is 5.75 Å². The lowest BCUT2D eigenvalue weighted by Gasteiger charge is -2.30. The number of nitrogens with one attached hydrogen (secondary N) is 2. The van der Waals surface area contributed by atoms with Crippen LogP contribution in [0, 0.1) is 0 Å². The summed E-state index contributed by atoms with van der Waals surface area (Å²) in [6.45, 7) is 3.57. The van der Waals surface area contributed by atoms with E-state index >= 15 is 0 Å². The Balaban J connectivity index is 1.34. The first-order valence-corrected chi connectivity index (χ1v) is 11.3. The topological polar surface area (TPSA) is 62.3 Å². The first-order valence-electron chi connectivity index (χ1n) is 11.3. The maximum Gasteiger partial charge on any atom is 0.225 e. The highest BCUT2D eigenvalue weighted by Crippen LogP contribution is 2.27. The Morgan fingerprint density at radius 1 is 0.935 bits per heavy atom. The quantitative estimate of drug-likeness (QED) is 0.556. The molecule has 2 aromatic carbocycles. The van der Waals surface area contributed by atoms with Crippen LogP contribution in [0.1, 0.15) is 38.2 Å². The highest BCUT2D eigenvalue weighted by Gasteiger charge is 2.22. The van der Waals surface area contributed by atoms with Crippen LogP contribution < -0.4 is 20.3 Å². The minimum absolute atomic E-state index is 0.407. The molecule has 1 fully saturated rings. The number of aromatic nitrogens is 2. The number of para-hydroxylation sites is 2. The number of nitrogens with zero attached hydrogens (tertiary/aromatic N) is 3. The van der Waals surface area contributed by atoms with Gasteiger partial charge in [0.2, 0.25) is 5.95 Å². The summed E-state index contributed by atoms with van der Waals surface area (Å²) in [6, 6.07) is 17.4. The van der Waals surface area contributed by atoms with Crippen molar-refractivity contribution in [3.8, 4) is 5.75 Å². The van der Waals surface area contributed by atoms with Gasteiger partial charge in [-0.2, -0.15) is 4.98 Å². The fourth-order valence-electron chi connectivity index (χ4n) is 4.29. The van der Waals surface area contributed by atoms with Crippen LogP contribution in [0.4, 0.5) is 11.8 Å². The van der Waals surface area contributed by atoms with Crippen LogP contribution >= 0.6 is 0 Å². The molecule has 0 bridgehead atoms. The highest BCUT2D eigenvalue weighted by molar-refractivity contribution is 5.90. The monoisotopic (exact) mass is 419 g/mol. The molecular weight excluding hydrogens is 386 g/mol. The van der Waals surface area contributed by atoms with Gasteiger partial charge >= 0.3 is 0 Å². The molecule has 4 rings (SSSR count). The zero-order valence-electron chi connectivity index (χ0n) is 18.8. The molecule has 31 heavy (non-hydrogen) atoms. The molecule has 6 nitrogen and oxygen atoms in total. The van der Waals surface area contributed by atoms with Crippen molar-refractivity contribution in [3.05, 3.63) is 54.1 Å². The van der Waals surface area contributed by atoms with E-state index in [9.17, 15) is 0 Å². The number of anilines is 2. The van der Waals surface area contributed by atoms with Crippen molar-refractivity contribution in [2.45, 2.75) is 51.2 Å². The summed E-state index contributed by atoms with van der Waals surface area (Å²) in [5.74, 6) is 2.67.